The lowest BCUT2D eigenvalue weighted by Gasteiger charge is -2.12. The van der Waals surface area contributed by atoms with Crippen molar-refractivity contribution >= 4 is 23.5 Å². The second-order valence-electron chi connectivity index (χ2n) is 3.64. The van der Waals surface area contributed by atoms with Crippen molar-refractivity contribution in [2.45, 2.75) is 31.2 Å². The number of carbonyl (C=O) groups is 1. The van der Waals surface area contributed by atoms with Crippen molar-refractivity contribution in [1.82, 2.24) is 5.32 Å². The predicted molar refractivity (Wildman–Crippen MR) is 70.1 cm³/mol. The minimum atomic E-state index is -0.146. The van der Waals surface area contributed by atoms with E-state index in [1.165, 1.54) is 0 Å². The summed E-state index contributed by atoms with van der Waals surface area (Å²) in [4.78, 5) is 12.7. The standard InChI is InChI=1S/C12H18N2OS/c1-4-9(2)13-12(15)14-10-6-5-7-11(8-10)16-3/h5-9H,4H2,1-3H3,(H2,13,14,15). The van der Waals surface area contributed by atoms with Gasteiger partial charge in [0.05, 0.1) is 0 Å². The molecule has 0 aliphatic carbocycles. The van der Waals surface area contributed by atoms with Crippen LogP contribution in [0.3, 0.4) is 0 Å². The highest BCUT2D eigenvalue weighted by Crippen LogP contribution is 2.18. The van der Waals surface area contributed by atoms with E-state index in [0.29, 0.717) is 0 Å². The fourth-order valence-electron chi connectivity index (χ4n) is 1.19. The predicted octanol–water partition coefficient (Wildman–Crippen LogP) is 3.33. The van der Waals surface area contributed by atoms with Gasteiger partial charge in [-0.3, -0.25) is 0 Å². The van der Waals surface area contributed by atoms with Crippen LogP contribution >= 0.6 is 11.8 Å². The molecule has 1 rings (SSSR count). The highest BCUT2D eigenvalue weighted by atomic mass is 32.2. The molecule has 0 spiro atoms. The van der Waals surface area contributed by atoms with Crippen molar-refractivity contribution in [3.63, 3.8) is 0 Å². The SMILES string of the molecule is CCC(C)NC(=O)Nc1cccc(SC)c1. The third kappa shape index (κ3) is 4.14. The maximum absolute atomic E-state index is 11.6. The van der Waals surface area contributed by atoms with Gasteiger partial charge < -0.3 is 10.6 Å². The molecule has 0 aliphatic heterocycles. The number of thioether (sulfide) groups is 1. The summed E-state index contributed by atoms with van der Waals surface area (Å²) in [5, 5.41) is 5.68. The first-order valence-corrected chi connectivity index (χ1v) is 6.59. The summed E-state index contributed by atoms with van der Waals surface area (Å²) in [6.07, 6.45) is 2.94. The maximum atomic E-state index is 11.6. The molecule has 1 atom stereocenters. The summed E-state index contributed by atoms with van der Waals surface area (Å²) < 4.78 is 0. The van der Waals surface area contributed by atoms with Gasteiger partial charge in [0.15, 0.2) is 0 Å². The zero-order valence-corrected chi connectivity index (χ0v) is 10.7. The molecule has 3 nitrogen and oxygen atoms in total. The molecule has 0 saturated heterocycles. The fraction of sp³-hybridized carbons (Fsp3) is 0.417. The second kappa shape index (κ2) is 6.43. The lowest BCUT2D eigenvalue weighted by molar-refractivity contribution is 0.249. The van der Waals surface area contributed by atoms with Gasteiger partial charge in [-0.1, -0.05) is 13.0 Å². The van der Waals surface area contributed by atoms with Crippen molar-refractivity contribution in [2.75, 3.05) is 11.6 Å². The molecule has 1 unspecified atom stereocenters. The first-order valence-electron chi connectivity index (χ1n) is 5.37. The Balaban J connectivity index is 2.55. The number of hydrogen-bond donors (Lipinski definition) is 2. The largest absolute Gasteiger partial charge is 0.335 e. The van der Waals surface area contributed by atoms with Crippen LogP contribution in [0.1, 0.15) is 20.3 Å². The average molecular weight is 238 g/mol. The number of amides is 2. The van der Waals surface area contributed by atoms with E-state index >= 15 is 0 Å². The van der Waals surface area contributed by atoms with Crippen LogP contribution in [0.5, 0.6) is 0 Å². The van der Waals surface area contributed by atoms with Gasteiger partial charge in [0.1, 0.15) is 0 Å². The van der Waals surface area contributed by atoms with Crippen molar-refractivity contribution in [2.24, 2.45) is 0 Å². The summed E-state index contributed by atoms with van der Waals surface area (Å²) in [5.74, 6) is 0. The van der Waals surface area contributed by atoms with Gasteiger partial charge in [-0.05, 0) is 37.8 Å². The monoisotopic (exact) mass is 238 g/mol. The van der Waals surface area contributed by atoms with E-state index in [9.17, 15) is 4.79 Å². The molecule has 4 heteroatoms. The highest BCUT2D eigenvalue weighted by molar-refractivity contribution is 7.98. The number of nitrogens with one attached hydrogen (secondary N) is 2. The number of anilines is 1. The van der Waals surface area contributed by atoms with Crippen LogP contribution in [0.4, 0.5) is 10.5 Å². The molecule has 0 saturated carbocycles. The van der Waals surface area contributed by atoms with Gasteiger partial charge in [0, 0.05) is 16.6 Å². The number of rotatable bonds is 4. The lowest BCUT2D eigenvalue weighted by atomic mass is 10.3. The maximum Gasteiger partial charge on any atom is 0.319 e. The quantitative estimate of drug-likeness (QED) is 0.790. The molecule has 88 valence electrons. The van der Waals surface area contributed by atoms with Crippen LogP contribution in [0.25, 0.3) is 0 Å². The molecule has 0 aromatic heterocycles. The van der Waals surface area contributed by atoms with Crippen LogP contribution in [-0.2, 0) is 0 Å². The van der Waals surface area contributed by atoms with Gasteiger partial charge in [0.2, 0.25) is 0 Å². The van der Waals surface area contributed by atoms with E-state index in [1.54, 1.807) is 11.8 Å². The Kier molecular flexibility index (Phi) is 5.19. The van der Waals surface area contributed by atoms with E-state index in [0.717, 1.165) is 17.0 Å². The Morgan fingerprint density at radius 3 is 2.88 bits per heavy atom. The summed E-state index contributed by atoms with van der Waals surface area (Å²) in [5.41, 5.74) is 0.827. The molecule has 0 bridgehead atoms. The zero-order valence-electron chi connectivity index (χ0n) is 9.91. The fourth-order valence-corrected chi connectivity index (χ4v) is 1.65. The third-order valence-corrected chi connectivity index (χ3v) is 3.04. The topological polar surface area (TPSA) is 41.1 Å². The van der Waals surface area contributed by atoms with E-state index in [1.807, 2.05) is 44.4 Å². The van der Waals surface area contributed by atoms with Crippen molar-refractivity contribution in [3.8, 4) is 0 Å². The Hall–Kier alpha value is -1.16. The second-order valence-corrected chi connectivity index (χ2v) is 4.52. The normalized spacial score (nSPS) is 11.9. The molecule has 2 N–H and O–H groups in total. The number of carbonyl (C=O) groups excluding carboxylic acids is 1. The Morgan fingerprint density at radius 1 is 1.50 bits per heavy atom. The minimum absolute atomic E-state index is 0.146. The van der Waals surface area contributed by atoms with Gasteiger partial charge in [0.25, 0.3) is 0 Å². The average Bonchev–Trinajstić information content (AvgIpc) is 2.28. The summed E-state index contributed by atoms with van der Waals surface area (Å²) >= 11 is 1.66. The number of hydrogen-bond acceptors (Lipinski definition) is 2. The van der Waals surface area contributed by atoms with Crippen molar-refractivity contribution in [1.29, 1.82) is 0 Å². The molecule has 0 radical (unpaired) electrons. The number of urea groups is 1. The van der Waals surface area contributed by atoms with E-state index in [2.05, 4.69) is 10.6 Å². The molecule has 0 fully saturated rings. The Bertz CT molecular complexity index is 355. The summed E-state index contributed by atoms with van der Waals surface area (Å²) in [7, 11) is 0. The van der Waals surface area contributed by atoms with Crippen LogP contribution < -0.4 is 10.6 Å². The Morgan fingerprint density at radius 2 is 2.25 bits per heavy atom. The molecule has 16 heavy (non-hydrogen) atoms. The first kappa shape index (κ1) is 12.9. The molecule has 1 aromatic rings. The van der Waals surface area contributed by atoms with Crippen LogP contribution in [0.2, 0.25) is 0 Å². The van der Waals surface area contributed by atoms with Gasteiger partial charge in [-0.15, -0.1) is 11.8 Å². The van der Waals surface area contributed by atoms with Gasteiger partial charge in [-0.2, -0.15) is 0 Å². The summed E-state index contributed by atoms with van der Waals surface area (Å²) in [6.45, 7) is 4.02. The van der Waals surface area contributed by atoms with E-state index < -0.39 is 0 Å². The van der Waals surface area contributed by atoms with Crippen molar-refractivity contribution in [3.05, 3.63) is 24.3 Å². The molecular formula is C12H18N2OS. The van der Waals surface area contributed by atoms with Crippen LogP contribution in [-0.4, -0.2) is 18.3 Å². The molecule has 2 amide bonds. The van der Waals surface area contributed by atoms with Crippen molar-refractivity contribution < 1.29 is 4.79 Å². The van der Waals surface area contributed by atoms with E-state index in [-0.39, 0.29) is 12.1 Å². The zero-order chi connectivity index (χ0) is 12.0. The number of benzene rings is 1. The van der Waals surface area contributed by atoms with Gasteiger partial charge >= 0.3 is 6.03 Å². The summed E-state index contributed by atoms with van der Waals surface area (Å²) in [6, 6.07) is 7.85. The lowest BCUT2D eigenvalue weighted by Crippen LogP contribution is -2.35. The Labute approximate surface area is 101 Å². The van der Waals surface area contributed by atoms with Gasteiger partial charge in [-0.25, -0.2) is 4.79 Å². The highest BCUT2D eigenvalue weighted by Gasteiger charge is 2.05. The molecule has 0 heterocycles. The molecular weight excluding hydrogens is 220 g/mol. The van der Waals surface area contributed by atoms with E-state index in [4.69, 9.17) is 0 Å². The van der Waals surface area contributed by atoms with Crippen LogP contribution in [0, 0.1) is 0 Å². The van der Waals surface area contributed by atoms with Crippen LogP contribution in [0.15, 0.2) is 29.2 Å². The first-order chi connectivity index (χ1) is 7.65. The molecule has 1 aromatic carbocycles. The minimum Gasteiger partial charge on any atom is -0.335 e. The third-order valence-electron chi connectivity index (χ3n) is 2.32. The molecule has 0 aliphatic rings. The smallest absolute Gasteiger partial charge is 0.319 e.